The third-order valence-electron chi connectivity index (χ3n) is 12.8. The Morgan fingerprint density at radius 2 is 0.672 bits per heavy atom. The first-order valence-electron chi connectivity index (χ1n) is 22.4. The molecule has 0 amide bonds. The van der Waals surface area contributed by atoms with Gasteiger partial charge in [0.25, 0.3) is 0 Å². The second-order valence-corrected chi connectivity index (χ2v) is 16.2. The molecule has 2 nitrogen and oxygen atoms in total. The first kappa shape index (κ1) is 39.8. The molecule has 2 heteroatoms. The van der Waals surface area contributed by atoms with Crippen LogP contribution in [0, 0.1) is 13.8 Å². The lowest BCUT2D eigenvalue weighted by molar-refractivity contribution is 0.740. The molecule has 0 atom stereocenters. The molecule has 3 aliphatic carbocycles. The van der Waals surface area contributed by atoms with Gasteiger partial charge >= 0.3 is 0 Å². The highest BCUT2D eigenvalue weighted by atomic mass is 15.1. The number of aryl methyl sites for hydroxylation is 6. The molecule has 11 rings (SSSR count). The highest BCUT2D eigenvalue weighted by molar-refractivity contribution is 5.92. The largest absolute Gasteiger partial charge is 0.310 e. The lowest BCUT2D eigenvalue weighted by atomic mass is 9.65. The van der Waals surface area contributed by atoms with Crippen molar-refractivity contribution in [3.05, 3.63) is 238 Å². The van der Waals surface area contributed by atoms with Crippen molar-refractivity contribution in [1.82, 2.24) is 0 Å². The van der Waals surface area contributed by atoms with E-state index in [1.165, 1.54) is 66.8 Å². The zero-order chi connectivity index (χ0) is 42.1. The van der Waals surface area contributed by atoms with Crippen LogP contribution in [0.5, 0.6) is 0 Å². The Labute approximate surface area is 363 Å². The van der Waals surface area contributed by atoms with E-state index in [1.807, 2.05) is 27.7 Å². The van der Waals surface area contributed by atoms with Gasteiger partial charge in [-0.25, -0.2) is 0 Å². The minimum atomic E-state index is -0.544. The molecule has 61 heavy (non-hydrogen) atoms. The van der Waals surface area contributed by atoms with Crippen LogP contribution in [0.4, 0.5) is 34.1 Å². The zero-order valence-electron chi connectivity index (χ0n) is 36.5. The average Bonchev–Trinajstić information content (AvgIpc) is 3.58. The number of rotatable bonds is 8. The fourth-order valence-electron chi connectivity index (χ4n) is 9.66. The molecular weight excluding hydrogens is 737 g/mol. The van der Waals surface area contributed by atoms with Gasteiger partial charge in [-0.1, -0.05) is 148 Å². The van der Waals surface area contributed by atoms with E-state index in [-0.39, 0.29) is 0 Å². The maximum absolute atomic E-state index is 2.54. The second kappa shape index (κ2) is 16.8. The molecule has 0 saturated carbocycles. The predicted octanol–water partition coefficient (Wildman–Crippen LogP) is 15.9. The molecule has 8 aromatic carbocycles. The number of hydrogen-bond acceptors (Lipinski definition) is 2. The highest BCUT2D eigenvalue weighted by Crippen LogP contribution is 2.59. The van der Waals surface area contributed by atoms with E-state index in [4.69, 9.17) is 0 Å². The molecule has 0 fully saturated rings. The normalized spacial score (nSPS) is 13.3. The molecule has 3 aliphatic rings. The van der Waals surface area contributed by atoms with E-state index in [2.05, 4.69) is 206 Å². The molecule has 0 saturated heterocycles. The minimum Gasteiger partial charge on any atom is -0.310 e. The van der Waals surface area contributed by atoms with E-state index in [9.17, 15) is 0 Å². The summed E-state index contributed by atoms with van der Waals surface area (Å²) in [4.78, 5) is 4.84. The molecule has 0 radical (unpaired) electrons. The minimum absolute atomic E-state index is 0.544. The fraction of sp³-hybridized carbons (Fsp3) is 0.186. The third kappa shape index (κ3) is 6.85. The Balaban J connectivity index is 0.00000116. The highest BCUT2D eigenvalue weighted by Gasteiger charge is 2.48. The summed E-state index contributed by atoms with van der Waals surface area (Å²) in [6.45, 7) is 12.3. The maximum atomic E-state index is 2.54. The van der Waals surface area contributed by atoms with Crippen LogP contribution in [0.25, 0.3) is 11.1 Å². The Hall–Kier alpha value is -6.64. The van der Waals surface area contributed by atoms with Crippen molar-refractivity contribution in [2.45, 2.75) is 72.6 Å². The summed E-state index contributed by atoms with van der Waals surface area (Å²) >= 11 is 0. The lowest BCUT2D eigenvalue weighted by Crippen LogP contribution is -2.31. The molecule has 0 N–H and O–H groups in total. The molecule has 0 aromatic heterocycles. The molecular formula is C59H56N2. The topological polar surface area (TPSA) is 6.48 Å². The Morgan fingerprint density at radius 3 is 1.02 bits per heavy atom. The first-order valence-corrected chi connectivity index (χ1v) is 22.4. The van der Waals surface area contributed by atoms with Gasteiger partial charge in [0, 0.05) is 34.1 Å². The van der Waals surface area contributed by atoms with E-state index in [1.54, 1.807) is 0 Å². The van der Waals surface area contributed by atoms with Gasteiger partial charge in [-0.05, 0) is 168 Å². The van der Waals surface area contributed by atoms with Crippen LogP contribution in [0.15, 0.2) is 182 Å². The number of nitrogens with zero attached hydrogens (tertiary/aromatic N) is 2. The number of para-hydroxylation sites is 2. The monoisotopic (exact) mass is 792 g/mol. The summed E-state index contributed by atoms with van der Waals surface area (Å²) in [5, 5.41) is 0. The van der Waals surface area contributed by atoms with Crippen molar-refractivity contribution in [2.24, 2.45) is 0 Å². The Bertz CT molecular complexity index is 2600. The number of benzene rings is 8. The van der Waals surface area contributed by atoms with Gasteiger partial charge in [0.1, 0.15) is 0 Å². The average molecular weight is 793 g/mol. The van der Waals surface area contributed by atoms with Crippen LogP contribution in [0.2, 0.25) is 0 Å². The number of hydrogen-bond donors (Lipinski definition) is 0. The second-order valence-electron chi connectivity index (χ2n) is 16.2. The summed E-state index contributed by atoms with van der Waals surface area (Å²) in [6, 6.07) is 68.8. The van der Waals surface area contributed by atoms with Gasteiger partial charge in [-0.3, -0.25) is 0 Å². The van der Waals surface area contributed by atoms with Crippen LogP contribution in [0.3, 0.4) is 0 Å². The summed E-state index contributed by atoms with van der Waals surface area (Å²) in [6.07, 6.45) is 4.59. The van der Waals surface area contributed by atoms with Crippen molar-refractivity contribution < 1.29 is 0 Å². The van der Waals surface area contributed by atoms with Gasteiger partial charge in [0.15, 0.2) is 0 Å². The van der Waals surface area contributed by atoms with Crippen LogP contribution < -0.4 is 9.80 Å². The molecule has 0 unspecified atom stereocenters. The number of anilines is 6. The van der Waals surface area contributed by atoms with Gasteiger partial charge in [-0.2, -0.15) is 0 Å². The van der Waals surface area contributed by atoms with Crippen LogP contribution >= 0.6 is 0 Å². The van der Waals surface area contributed by atoms with Crippen molar-refractivity contribution in [3.63, 3.8) is 0 Å². The number of fused-ring (bicyclic) bond motifs is 5. The van der Waals surface area contributed by atoms with Crippen LogP contribution in [-0.4, -0.2) is 0 Å². The third-order valence-corrected chi connectivity index (χ3v) is 12.8. The van der Waals surface area contributed by atoms with Gasteiger partial charge in [-0.15, -0.1) is 0 Å². The van der Waals surface area contributed by atoms with E-state index < -0.39 is 5.41 Å². The molecule has 8 aromatic rings. The van der Waals surface area contributed by atoms with Crippen molar-refractivity contribution in [3.8, 4) is 11.1 Å². The zero-order valence-corrected chi connectivity index (χ0v) is 36.5. The molecule has 0 aliphatic heterocycles. The molecule has 0 heterocycles. The molecule has 302 valence electrons. The van der Waals surface area contributed by atoms with Gasteiger partial charge < -0.3 is 9.80 Å². The Kier molecular flexibility index (Phi) is 11.0. The summed E-state index contributed by atoms with van der Waals surface area (Å²) in [5.41, 5.74) is 22.7. The standard InChI is InChI=1S/C55H44N2.2C2H6/c1-37-13-25-47(26-14-37)56(45-9-5-3-6-10-45)49-29-31-51-52-32-30-50(57(46-11-7-4-8-12-46)48-27-15-38(2)16-28-48)36-54(52)55(53(51)35-49,43-23-21-39-17-19-41(39)33-43)44-24-22-40-18-20-42(40)34-44;2*1-2/h3-16,21-36H,17-20H2,1-2H3;2*1-2H3. The van der Waals surface area contributed by atoms with E-state index >= 15 is 0 Å². The van der Waals surface area contributed by atoms with Crippen molar-refractivity contribution in [1.29, 1.82) is 0 Å². The van der Waals surface area contributed by atoms with Crippen LogP contribution in [-0.2, 0) is 31.1 Å². The van der Waals surface area contributed by atoms with E-state index in [0.717, 1.165) is 59.8 Å². The van der Waals surface area contributed by atoms with Crippen molar-refractivity contribution >= 4 is 34.1 Å². The summed E-state index contributed by atoms with van der Waals surface area (Å²) in [7, 11) is 0. The molecule has 0 bridgehead atoms. The summed E-state index contributed by atoms with van der Waals surface area (Å²) in [5.74, 6) is 0. The maximum Gasteiger partial charge on any atom is 0.0715 e. The fourth-order valence-corrected chi connectivity index (χ4v) is 9.66. The SMILES string of the molecule is CC.CC.Cc1ccc(N(c2ccccc2)c2ccc3c(c2)C(c2ccc4c(c2)CC4)(c2ccc4c(c2)CC4)c2cc(N(c4ccccc4)c4ccc(C)cc4)ccc2-3)cc1. The van der Waals surface area contributed by atoms with Crippen molar-refractivity contribution in [2.75, 3.05) is 9.80 Å². The summed E-state index contributed by atoms with van der Waals surface area (Å²) < 4.78 is 0. The molecule has 0 spiro atoms. The van der Waals surface area contributed by atoms with Gasteiger partial charge in [0.05, 0.1) is 5.41 Å². The predicted molar refractivity (Wildman–Crippen MR) is 260 cm³/mol. The smallest absolute Gasteiger partial charge is 0.0715 e. The van der Waals surface area contributed by atoms with Crippen LogP contribution in [0.1, 0.15) is 83.3 Å². The van der Waals surface area contributed by atoms with Gasteiger partial charge in [0.2, 0.25) is 0 Å². The Morgan fingerprint density at radius 1 is 0.328 bits per heavy atom. The lowest BCUT2D eigenvalue weighted by Gasteiger charge is -2.38. The quantitative estimate of drug-likeness (QED) is 0.151. The van der Waals surface area contributed by atoms with E-state index in [0.29, 0.717) is 0 Å². The first-order chi connectivity index (χ1) is 30.0.